The molecule has 0 saturated heterocycles. The van der Waals surface area contributed by atoms with Crippen LogP contribution in [-0.4, -0.2) is 31.5 Å². The Labute approximate surface area is 153 Å². The SMILES string of the molecule is COc1cc(/C=C/c2cn[nH]c2-c2ccc(C)cc2)cc(OC)c1OC. The Morgan fingerprint density at radius 1 is 0.885 bits per heavy atom. The number of aromatic amines is 1. The average Bonchev–Trinajstić information content (AvgIpc) is 3.14. The maximum atomic E-state index is 5.40. The van der Waals surface area contributed by atoms with Gasteiger partial charge < -0.3 is 14.2 Å². The molecule has 1 N–H and O–H groups in total. The molecule has 5 nitrogen and oxygen atoms in total. The molecule has 0 saturated carbocycles. The molecule has 3 aromatic rings. The number of H-pyrrole nitrogens is 1. The normalized spacial score (nSPS) is 10.9. The zero-order chi connectivity index (χ0) is 18.5. The van der Waals surface area contributed by atoms with Crippen LogP contribution in [0.25, 0.3) is 23.4 Å². The topological polar surface area (TPSA) is 56.4 Å². The highest BCUT2D eigenvalue weighted by atomic mass is 16.5. The van der Waals surface area contributed by atoms with Gasteiger partial charge >= 0.3 is 0 Å². The molecule has 0 atom stereocenters. The highest BCUT2D eigenvalue weighted by molar-refractivity contribution is 5.79. The van der Waals surface area contributed by atoms with Gasteiger partial charge in [0, 0.05) is 11.1 Å². The van der Waals surface area contributed by atoms with Gasteiger partial charge in [0.1, 0.15) is 0 Å². The van der Waals surface area contributed by atoms with Crippen molar-refractivity contribution in [3.05, 3.63) is 59.3 Å². The summed E-state index contributed by atoms with van der Waals surface area (Å²) in [5.41, 5.74) is 5.24. The first-order valence-electron chi connectivity index (χ1n) is 8.24. The minimum absolute atomic E-state index is 0.579. The number of benzene rings is 2. The molecule has 0 radical (unpaired) electrons. The Morgan fingerprint density at radius 3 is 2.12 bits per heavy atom. The van der Waals surface area contributed by atoms with E-state index in [1.54, 1.807) is 21.3 Å². The van der Waals surface area contributed by atoms with Crippen molar-refractivity contribution in [2.24, 2.45) is 0 Å². The molecule has 5 heteroatoms. The predicted octanol–water partition coefficient (Wildman–Crippen LogP) is 4.58. The van der Waals surface area contributed by atoms with Gasteiger partial charge in [-0.3, -0.25) is 5.10 Å². The zero-order valence-corrected chi connectivity index (χ0v) is 15.4. The first kappa shape index (κ1) is 17.6. The Bertz CT molecular complexity index is 886. The second kappa shape index (κ2) is 7.78. The van der Waals surface area contributed by atoms with Crippen LogP contribution in [0, 0.1) is 6.92 Å². The van der Waals surface area contributed by atoms with Gasteiger partial charge in [-0.15, -0.1) is 0 Å². The van der Waals surface area contributed by atoms with Crippen molar-refractivity contribution in [1.82, 2.24) is 10.2 Å². The summed E-state index contributed by atoms with van der Waals surface area (Å²) in [4.78, 5) is 0. The molecular weight excluding hydrogens is 328 g/mol. The Morgan fingerprint density at radius 2 is 1.54 bits per heavy atom. The smallest absolute Gasteiger partial charge is 0.203 e. The second-order valence-electron chi connectivity index (χ2n) is 5.86. The number of hydrogen-bond donors (Lipinski definition) is 1. The fraction of sp³-hybridized carbons (Fsp3) is 0.190. The Kier molecular flexibility index (Phi) is 5.27. The first-order chi connectivity index (χ1) is 12.7. The van der Waals surface area contributed by atoms with Gasteiger partial charge in [-0.25, -0.2) is 0 Å². The quantitative estimate of drug-likeness (QED) is 0.707. The van der Waals surface area contributed by atoms with Crippen LogP contribution in [0.15, 0.2) is 42.6 Å². The fourth-order valence-electron chi connectivity index (χ4n) is 2.76. The van der Waals surface area contributed by atoms with E-state index in [4.69, 9.17) is 14.2 Å². The minimum atomic E-state index is 0.579. The lowest BCUT2D eigenvalue weighted by Gasteiger charge is -2.12. The van der Waals surface area contributed by atoms with E-state index in [-0.39, 0.29) is 0 Å². The van der Waals surface area contributed by atoms with Crippen molar-refractivity contribution in [1.29, 1.82) is 0 Å². The van der Waals surface area contributed by atoms with Gasteiger partial charge in [-0.2, -0.15) is 5.10 Å². The predicted molar refractivity (Wildman–Crippen MR) is 104 cm³/mol. The van der Waals surface area contributed by atoms with Crippen molar-refractivity contribution in [3.8, 4) is 28.5 Å². The molecule has 0 aliphatic heterocycles. The third-order valence-corrected chi connectivity index (χ3v) is 4.15. The van der Waals surface area contributed by atoms with E-state index >= 15 is 0 Å². The fourth-order valence-corrected chi connectivity index (χ4v) is 2.76. The summed E-state index contributed by atoms with van der Waals surface area (Å²) < 4.78 is 16.2. The van der Waals surface area contributed by atoms with Crippen LogP contribution in [0.3, 0.4) is 0 Å². The molecular formula is C21H22N2O3. The molecule has 0 aliphatic rings. The highest BCUT2D eigenvalue weighted by Crippen LogP contribution is 2.38. The van der Waals surface area contributed by atoms with Crippen LogP contribution in [0.5, 0.6) is 17.2 Å². The largest absolute Gasteiger partial charge is 0.493 e. The van der Waals surface area contributed by atoms with Crippen LogP contribution in [0.2, 0.25) is 0 Å². The maximum Gasteiger partial charge on any atom is 0.203 e. The lowest BCUT2D eigenvalue weighted by Crippen LogP contribution is -1.95. The molecule has 3 rings (SSSR count). The van der Waals surface area contributed by atoms with Gasteiger partial charge in [-0.1, -0.05) is 42.0 Å². The number of ether oxygens (including phenoxy) is 3. The average molecular weight is 350 g/mol. The van der Waals surface area contributed by atoms with E-state index in [2.05, 4.69) is 41.4 Å². The number of aromatic nitrogens is 2. The molecule has 0 unspecified atom stereocenters. The van der Waals surface area contributed by atoms with Gasteiger partial charge in [0.15, 0.2) is 11.5 Å². The molecule has 0 aliphatic carbocycles. The van der Waals surface area contributed by atoms with E-state index in [0.717, 1.165) is 22.4 Å². The van der Waals surface area contributed by atoms with Crippen LogP contribution < -0.4 is 14.2 Å². The van der Waals surface area contributed by atoms with Crippen LogP contribution in [-0.2, 0) is 0 Å². The lowest BCUT2D eigenvalue weighted by molar-refractivity contribution is 0.324. The highest BCUT2D eigenvalue weighted by Gasteiger charge is 2.12. The van der Waals surface area contributed by atoms with Crippen molar-refractivity contribution in [3.63, 3.8) is 0 Å². The van der Waals surface area contributed by atoms with Gasteiger partial charge in [0.05, 0.1) is 33.2 Å². The number of methoxy groups -OCH3 is 3. The molecule has 2 aromatic carbocycles. The number of aryl methyl sites for hydroxylation is 1. The molecule has 0 fully saturated rings. The molecule has 134 valence electrons. The third kappa shape index (κ3) is 3.57. The van der Waals surface area contributed by atoms with E-state index < -0.39 is 0 Å². The molecule has 1 aromatic heterocycles. The standard InChI is InChI=1S/C21H22N2O3/c1-14-5-8-16(9-6-14)20-17(13-22-23-20)10-7-15-11-18(24-2)21(26-4)19(12-15)25-3/h5-13H,1-4H3,(H,22,23)/b10-7+. The van der Waals surface area contributed by atoms with Gasteiger partial charge in [-0.05, 0) is 24.6 Å². The van der Waals surface area contributed by atoms with Crippen LogP contribution in [0.1, 0.15) is 16.7 Å². The van der Waals surface area contributed by atoms with E-state index in [9.17, 15) is 0 Å². The van der Waals surface area contributed by atoms with Crippen LogP contribution >= 0.6 is 0 Å². The number of nitrogens with zero attached hydrogens (tertiary/aromatic N) is 1. The van der Waals surface area contributed by atoms with Gasteiger partial charge in [0.2, 0.25) is 5.75 Å². The van der Waals surface area contributed by atoms with E-state index in [0.29, 0.717) is 17.2 Å². The summed E-state index contributed by atoms with van der Waals surface area (Å²) in [5, 5.41) is 7.25. The Hall–Kier alpha value is -3.21. The molecule has 0 amide bonds. The third-order valence-electron chi connectivity index (χ3n) is 4.15. The van der Waals surface area contributed by atoms with Crippen molar-refractivity contribution in [2.45, 2.75) is 6.92 Å². The van der Waals surface area contributed by atoms with Crippen molar-refractivity contribution >= 4 is 12.2 Å². The van der Waals surface area contributed by atoms with Crippen molar-refractivity contribution < 1.29 is 14.2 Å². The molecule has 26 heavy (non-hydrogen) atoms. The molecule has 1 heterocycles. The number of rotatable bonds is 6. The number of hydrogen-bond acceptors (Lipinski definition) is 4. The summed E-state index contributed by atoms with van der Waals surface area (Å²) in [6.45, 7) is 2.07. The number of nitrogens with one attached hydrogen (secondary N) is 1. The first-order valence-corrected chi connectivity index (χ1v) is 8.24. The van der Waals surface area contributed by atoms with E-state index in [1.807, 2.05) is 30.5 Å². The minimum Gasteiger partial charge on any atom is -0.493 e. The van der Waals surface area contributed by atoms with E-state index in [1.165, 1.54) is 5.56 Å². The Balaban J connectivity index is 1.94. The lowest BCUT2D eigenvalue weighted by atomic mass is 10.1. The van der Waals surface area contributed by atoms with Crippen LogP contribution in [0.4, 0.5) is 0 Å². The second-order valence-corrected chi connectivity index (χ2v) is 5.86. The summed E-state index contributed by atoms with van der Waals surface area (Å²) in [6, 6.07) is 12.2. The summed E-state index contributed by atoms with van der Waals surface area (Å²) in [5.74, 6) is 1.82. The molecule has 0 bridgehead atoms. The molecule has 0 spiro atoms. The van der Waals surface area contributed by atoms with Crippen molar-refractivity contribution in [2.75, 3.05) is 21.3 Å². The summed E-state index contributed by atoms with van der Waals surface area (Å²) in [7, 11) is 4.81. The summed E-state index contributed by atoms with van der Waals surface area (Å²) >= 11 is 0. The zero-order valence-electron chi connectivity index (χ0n) is 15.4. The monoisotopic (exact) mass is 350 g/mol. The van der Waals surface area contributed by atoms with Gasteiger partial charge in [0.25, 0.3) is 0 Å². The maximum absolute atomic E-state index is 5.40. The summed E-state index contributed by atoms with van der Waals surface area (Å²) in [6.07, 6.45) is 5.82.